The van der Waals surface area contributed by atoms with Gasteiger partial charge in [0.05, 0.1) is 11.0 Å². The van der Waals surface area contributed by atoms with Crippen LogP contribution < -0.4 is 5.32 Å². The van der Waals surface area contributed by atoms with Gasteiger partial charge in [-0.05, 0) is 31.9 Å². The number of para-hydroxylation sites is 2. The minimum Gasteiger partial charge on any atom is -0.481 e. The highest BCUT2D eigenvalue weighted by Gasteiger charge is 2.11. The van der Waals surface area contributed by atoms with E-state index < -0.39 is 5.97 Å². The lowest BCUT2D eigenvalue weighted by Gasteiger charge is -2.07. The summed E-state index contributed by atoms with van der Waals surface area (Å²) in [4.78, 5) is 26.7. The van der Waals surface area contributed by atoms with Gasteiger partial charge in [-0.25, -0.2) is 4.98 Å². The van der Waals surface area contributed by atoms with Crippen molar-refractivity contribution in [2.45, 2.75) is 39.2 Å². The first-order valence-electron chi connectivity index (χ1n) is 7.08. The number of carbonyl (C=O) groups excluding carboxylic acids is 1. The number of carbonyl (C=O) groups is 2. The van der Waals surface area contributed by atoms with Gasteiger partial charge >= 0.3 is 5.97 Å². The summed E-state index contributed by atoms with van der Waals surface area (Å²) in [6, 6.07) is 7.72. The average Bonchev–Trinajstić information content (AvgIpc) is 2.80. The molecule has 0 bridgehead atoms. The second-order valence-corrected chi connectivity index (χ2v) is 4.82. The zero-order valence-corrected chi connectivity index (χ0v) is 12.0. The molecule has 0 aliphatic carbocycles. The van der Waals surface area contributed by atoms with Gasteiger partial charge in [0, 0.05) is 19.4 Å². The van der Waals surface area contributed by atoms with E-state index in [0.29, 0.717) is 25.2 Å². The van der Waals surface area contributed by atoms with Gasteiger partial charge in [0.15, 0.2) is 0 Å². The highest BCUT2D eigenvalue weighted by molar-refractivity contribution is 5.91. The number of carboxylic acid groups (broad SMARTS) is 1. The molecule has 6 nitrogen and oxygen atoms in total. The molecule has 1 amide bonds. The van der Waals surface area contributed by atoms with Crippen molar-refractivity contribution in [3.63, 3.8) is 0 Å². The topological polar surface area (TPSA) is 84.2 Å². The molecule has 0 saturated carbocycles. The Kier molecular flexibility index (Phi) is 4.92. The molecule has 2 rings (SSSR count). The van der Waals surface area contributed by atoms with Crippen LogP contribution >= 0.6 is 0 Å². The minimum absolute atomic E-state index is 0.0980. The van der Waals surface area contributed by atoms with Crippen LogP contribution in [0.25, 0.3) is 11.0 Å². The van der Waals surface area contributed by atoms with E-state index in [2.05, 4.69) is 10.3 Å². The molecule has 112 valence electrons. The maximum atomic E-state index is 11.9. The molecule has 6 heteroatoms. The fourth-order valence-corrected chi connectivity index (χ4v) is 2.24. The third kappa shape index (κ3) is 3.81. The molecule has 0 unspecified atom stereocenters. The number of aliphatic carboxylic acids is 1. The first-order chi connectivity index (χ1) is 10.1. The van der Waals surface area contributed by atoms with Crippen molar-refractivity contribution in [2.75, 3.05) is 5.32 Å². The summed E-state index contributed by atoms with van der Waals surface area (Å²) >= 11 is 0. The number of hydrogen-bond acceptors (Lipinski definition) is 3. The highest BCUT2D eigenvalue weighted by Crippen LogP contribution is 2.19. The zero-order valence-electron chi connectivity index (χ0n) is 12.0. The van der Waals surface area contributed by atoms with Gasteiger partial charge in [-0.2, -0.15) is 0 Å². The lowest BCUT2D eigenvalue weighted by atomic mass is 10.2. The quantitative estimate of drug-likeness (QED) is 0.767. The van der Waals surface area contributed by atoms with Crippen LogP contribution in [0.2, 0.25) is 0 Å². The molecule has 0 atom stereocenters. The molecular weight excluding hydrogens is 270 g/mol. The maximum Gasteiger partial charge on any atom is 0.303 e. The summed E-state index contributed by atoms with van der Waals surface area (Å²) in [5, 5.41) is 11.4. The standard InChI is InChI=1S/C15H19N3O3/c1-2-18-12-8-4-3-7-11(12)16-15(18)17-13(19)9-5-6-10-14(20)21/h3-4,7-8H,2,5-6,9-10H2,1H3,(H,20,21)(H,16,17,19). The number of aryl methyl sites for hydroxylation is 1. The van der Waals surface area contributed by atoms with Crippen LogP contribution in [0.4, 0.5) is 5.95 Å². The largest absolute Gasteiger partial charge is 0.481 e. The van der Waals surface area contributed by atoms with Crippen molar-refractivity contribution >= 4 is 28.9 Å². The maximum absolute atomic E-state index is 11.9. The number of unbranched alkanes of at least 4 members (excludes halogenated alkanes) is 1. The Morgan fingerprint density at radius 3 is 2.67 bits per heavy atom. The van der Waals surface area contributed by atoms with Crippen LogP contribution in [-0.4, -0.2) is 26.5 Å². The normalized spacial score (nSPS) is 10.7. The molecule has 0 aliphatic rings. The summed E-state index contributed by atoms with van der Waals surface area (Å²) in [5.41, 5.74) is 1.83. The monoisotopic (exact) mass is 289 g/mol. The number of nitrogens with one attached hydrogen (secondary N) is 1. The van der Waals surface area contributed by atoms with E-state index in [1.54, 1.807) is 0 Å². The van der Waals surface area contributed by atoms with Crippen molar-refractivity contribution in [1.29, 1.82) is 0 Å². The van der Waals surface area contributed by atoms with Gasteiger partial charge in [-0.1, -0.05) is 12.1 Å². The minimum atomic E-state index is -0.830. The molecule has 0 radical (unpaired) electrons. The number of aromatic nitrogens is 2. The Bertz CT molecular complexity index is 649. The van der Waals surface area contributed by atoms with Gasteiger partial charge in [0.2, 0.25) is 11.9 Å². The van der Waals surface area contributed by atoms with Crippen molar-refractivity contribution in [1.82, 2.24) is 9.55 Å². The first kappa shape index (κ1) is 15.0. The summed E-state index contributed by atoms with van der Waals surface area (Å²) in [7, 11) is 0. The lowest BCUT2D eigenvalue weighted by molar-refractivity contribution is -0.137. The Labute approximate surface area is 122 Å². The highest BCUT2D eigenvalue weighted by atomic mass is 16.4. The van der Waals surface area contributed by atoms with Crippen molar-refractivity contribution in [2.24, 2.45) is 0 Å². The number of carboxylic acids is 1. The van der Waals surface area contributed by atoms with Gasteiger partial charge < -0.3 is 9.67 Å². The first-order valence-corrected chi connectivity index (χ1v) is 7.08. The number of amides is 1. The molecule has 2 aromatic rings. The van der Waals surface area contributed by atoms with Crippen LogP contribution in [0.1, 0.15) is 32.6 Å². The second-order valence-electron chi connectivity index (χ2n) is 4.82. The van der Waals surface area contributed by atoms with Gasteiger partial charge in [-0.15, -0.1) is 0 Å². The zero-order chi connectivity index (χ0) is 15.2. The number of rotatable bonds is 7. The number of anilines is 1. The molecular formula is C15H19N3O3. The van der Waals surface area contributed by atoms with E-state index in [0.717, 1.165) is 17.6 Å². The van der Waals surface area contributed by atoms with Crippen LogP contribution in [0.15, 0.2) is 24.3 Å². The van der Waals surface area contributed by atoms with Crippen LogP contribution in [0.3, 0.4) is 0 Å². The second kappa shape index (κ2) is 6.88. The van der Waals surface area contributed by atoms with E-state index in [4.69, 9.17) is 5.11 Å². The number of benzene rings is 1. The average molecular weight is 289 g/mol. The SMILES string of the molecule is CCn1c(NC(=O)CCCCC(=O)O)nc2ccccc21. The van der Waals surface area contributed by atoms with E-state index in [1.807, 2.05) is 35.8 Å². The summed E-state index contributed by atoms with van der Waals surface area (Å²) < 4.78 is 1.95. The summed E-state index contributed by atoms with van der Waals surface area (Å²) in [6.07, 6.45) is 1.47. The van der Waals surface area contributed by atoms with Gasteiger partial charge in [0.1, 0.15) is 0 Å². The van der Waals surface area contributed by atoms with Crippen molar-refractivity contribution < 1.29 is 14.7 Å². The van der Waals surface area contributed by atoms with E-state index in [9.17, 15) is 9.59 Å². The third-order valence-electron chi connectivity index (χ3n) is 3.27. The van der Waals surface area contributed by atoms with Crippen molar-refractivity contribution in [3.8, 4) is 0 Å². The molecule has 0 saturated heterocycles. The van der Waals surface area contributed by atoms with Crippen molar-refractivity contribution in [3.05, 3.63) is 24.3 Å². The molecule has 0 aliphatic heterocycles. The van der Waals surface area contributed by atoms with E-state index >= 15 is 0 Å². The molecule has 0 fully saturated rings. The summed E-state index contributed by atoms with van der Waals surface area (Å²) in [5.74, 6) is -0.421. The Morgan fingerprint density at radius 2 is 1.95 bits per heavy atom. The smallest absolute Gasteiger partial charge is 0.303 e. The Morgan fingerprint density at radius 1 is 1.24 bits per heavy atom. The van der Waals surface area contributed by atoms with Crippen LogP contribution in [0.5, 0.6) is 0 Å². The lowest BCUT2D eigenvalue weighted by Crippen LogP contribution is -2.15. The summed E-state index contributed by atoms with van der Waals surface area (Å²) in [6.45, 7) is 2.71. The number of imidazole rings is 1. The third-order valence-corrected chi connectivity index (χ3v) is 3.27. The predicted molar refractivity (Wildman–Crippen MR) is 80.1 cm³/mol. The van der Waals surface area contributed by atoms with Crippen LogP contribution in [-0.2, 0) is 16.1 Å². The molecule has 1 heterocycles. The number of nitrogens with zero attached hydrogens (tertiary/aromatic N) is 2. The molecule has 0 spiro atoms. The Hall–Kier alpha value is -2.37. The number of hydrogen-bond donors (Lipinski definition) is 2. The fourth-order valence-electron chi connectivity index (χ4n) is 2.24. The predicted octanol–water partition coefficient (Wildman–Crippen LogP) is 2.64. The van der Waals surface area contributed by atoms with E-state index in [1.165, 1.54) is 0 Å². The Balaban J connectivity index is 1.99. The molecule has 2 N–H and O–H groups in total. The van der Waals surface area contributed by atoms with Crippen LogP contribution in [0, 0.1) is 0 Å². The van der Waals surface area contributed by atoms with Gasteiger partial charge in [0.25, 0.3) is 0 Å². The number of fused-ring (bicyclic) bond motifs is 1. The molecule has 21 heavy (non-hydrogen) atoms. The fraction of sp³-hybridized carbons (Fsp3) is 0.400. The molecule has 1 aromatic carbocycles. The van der Waals surface area contributed by atoms with Gasteiger partial charge in [-0.3, -0.25) is 14.9 Å². The molecule has 1 aromatic heterocycles. The van der Waals surface area contributed by atoms with E-state index in [-0.39, 0.29) is 12.3 Å².